The van der Waals surface area contributed by atoms with Gasteiger partial charge in [-0.15, -0.1) is 5.10 Å². The second-order valence-corrected chi connectivity index (χ2v) is 3.23. The zero-order chi connectivity index (χ0) is 6.85. The Hall–Kier alpha value is -0.530. The average Bonchev–Trinajstić information content (AvgIpc) is 2.14. The SMILES string of the molecule is O=c1[nH]nc(S(=O)O)s1. The van der Waals surface area contributed by atoms with Crippen LogP contribution in [0.1, 0.15) is 0 Å². The number of rotatable bonds is 1. The summed E-state index contributed by atoms with van der Waals surface area (Å²) in [6.45, 7) is 0. The maximum atomic E-state index is 10.2. The summed E-state index contributed by atoms with van der Waals surface area (Å²) in [7, 11) is 0. The van der Waals surface area contributed by atoms with Crippen LogP contribution in [0.15, 0.2) is 9.13 Å². The fourth-order valence-corrected chi connectivity index (χ4v) is 1.27. The van der Waals surface area contributed by atoms with E-state index in [1.54, 1.807) is 0 Å². The van der Waals surface area contributed by atoms with Crippen molar-refractivity contribution >= 4 is 22.4 Å². The van der Waals surface area contributed by atoms with Gasteiger partial charge in [0.2, 0.25) is 15.4 Å². The predicted molar refractivity (Wildman–Crippen MR) is 31.8 cm³/mol. The molecule has 50 valence electrons. The Bertz CT molecular complexity index is 275. The maximum Gasteiger partial charge on any atom is 0.323 e. The number of nitrogens with zero attached hydrogens (tertiary/aromatic N) is 1. The molecule has 0 radical (unpaired) electrons. The Labute approximate surface area is 56.0 Å². The average molecular weight is 166 g/mol. The van der Waals surface area contributed by atoms with Crippen molar-refractivity contribution in [1.82, 2.24) is 10.2 Å². The van der Waals surface area contributed by atoms with E-state index in [0.29, 0.717) is 11.3 Å². The molecule has 0 amide bonds. The van der Waals surface area contributed by atoms with Crippen LogP contribution in [0.2, 0.25) is 0 Å². The van der Waals surface area contributed by atoms with Crippen LogP contribution in [0.25, 0.3) is 0 Å². The molecule has 1 aromatic rings. The summed E-state index contributed by atoms with van der Waals surface area (Å²) >= 11 is -1.51. The summed E-state index contributed by atoms with van der Waals surface area (Å²) < 4.78 is 18.3. The lowest BCUT2D eigenvalue weighted by molar-refractivity contribution is 0.562. The minimum atomic E-state index is -2.13. The first-order valence-electron chi connectivity index (χ1n) is 1.86. The van der Waals surface area contributed by atoms with Gasteiger partial charge < -0.3 is 4.55 Å². The fourth-order valence-electron chi connectivity index (χ4n) is 0.291. The molecule has 1 atom stereocenters. The molecular formula is C2H2N2O3S2. The Balaban J connectivity index is 3.12. The molecule has 1 unspecified atom stereocenters. The van der Waals surface area contributed by atoms with Crippen LogP contribution in [0, 0.1) is 0 Å². The number of H-pyrrole nitrogens is 1. The number of hydrogen-bond acceptors (Lipinski definition) is 4. The number of hydrogen-bond donors (Lipinski definition) is 2. The lowest BCUT2D eigenvalue weighted by atomic mass is 11.5. The van der Waals surface area contributed by atoms with Gasteiger partial charge in [-0.3, -0.25) is 4.79 Å². The first kappa shape index (κ1) is 6.59. The van der Waals surface area contributed by atoms with Gasteiger partial charge in [0.1, 0.15) is 0 Å². The van der Waals surface area contributed by atoms with Crippen LogP contribution in [-0.2, 0) is 11.1 Å². The van der Waals surface area contributed by atoms with E-state index in [-0.39, 0.29) is 4.34 Å². The Morgan fingerprint density at radius 2 is 2.44 bits per heavy atom. The summed E-state index contributed by atoms with van der Waals surface area (Å²) in [5.74, 6) is 0. The van der Waals surface area contributed by atoms with Crippen LogP contribution >= 0.6 is 11.3 Å². The van der Waals surface area contributed by atoms with Crippen LogP contribution in [-0.4, -0.2) is 19.0 Å². The molecule has 0 aliphatic heterocycles. The van der Waals surface area contributed by atoms with Crippen molar-refractivity contribution in [3.8, 4) is 0 Å². The molecule has 0 aromatic carbocycles. The quantitative estimate of drug-likeness (QED) is 0.546. The van der Waals surface area contributed by atoms with Crippen molar-refractivity contribution in [1.29, 1.82) is 0 Å². The highest BCUT2D eigenvalue weighted by Crippen LogP contribution is 1.99. The summed E-state index contributed by atoms with van der Waals surface area (Å²) in [5, 5.41) is 5.26. The smallest absolute Gasteiger partial charge is 0.300 e. The minimum Gasteiger partial charge on any atom is -0.300 e. The molecular weight excluding hydrogens is 164 g/mol. The first-order chi connectivity index (χ1) is 4.20. The molecule has 0 aliphatic carbocycles. The minimum absolute atomic E-state index is 0.0972. The third kappa shape index (κ3) is 1.44. The third-order valence-electron chi connectivity index (χ3n) is 0.568. The first-order valence-corrected chi connectivity index (χ1v) is 3.79. The number of nitrogens with one attached hydrogen (secondary N) is 1. The van der Waals surface area contributed by atoms with Crippen LogP contribution < -0.4 is 4.87 Å². The number of aromatic nitrogens is 2. The van der Waals surface area contributed by atoms with Crippen LogP contribution in [0.5, 0.6) is 0 Å². The Morgan fingerprint density at radius 3 is 2.67 bits per heavy atom. The van der Waals surface area contributed by atoms with Gasteiger partial charge >= 0.3 is 4.87 Å². The second kappa shape index (κ2) is 2.38. The predicted octanol–water partition coefficient (Wildman–Crippen LogP) is -0.588. The highest BCUT2D eigenvalue weighted by Gasteiger charge is 2.03. The van der Waals surface area contributed by atoms with Crippen molar-refractivity contribution in [2.45, 2.75) is 4.34 Å². The van der Waals surface area contributed by atoms with Crippen molar-refractivity contribution in [2.75, 3.05) is 0 Å². The molecule has 1 heterocycles. The van der Waals surface area contributed by atoms with Crippen LogP contribution in [0.4, 0.5) is 0 Å². The highest BCUT2D eigenvalue weighted by molar-refractivity contribution is 7.81. The van der Waals surface area contributed by atoms with Crippen molar-refractivity contribution < 1.29 is 8.76 Å². The third-order valence-corrected chi connectivity index (χ3v) is 2.18. The number of aromatic amines is 1. The van der Waals surface area contributed by atoms with Gasteiger partial charge in [-0.05, 0) is 11.3 Å². The van der Waals surface area contributed by atoms with E-state index >= 15 is 0 Å². The standard InChI is InChI=1S/C2H2N2O3S2/c5-1-3-4-2(8-1)9(6)7/h(H,3,5)(H,6,7). The molecule has 0 aliphatic rings. The zero-order valence-corrected chi connectivity index (χ0v) is 5.66. The lowest BCUT2D eigenvalue weighted by Crippen LogP contribution is -1.90. The monoisotopic (exact) mass is 166 g/mol. The molecule has 0 fully saturated rings. The molecule has 5 nitrogen and oxygen atoms in total. The zero-order valence-electron chi connectivity index (χ0n) is 4.03. The lowest BCUT2D eigenvalue weighted by Gasteiger charge is -1.76. The Morgan fingerprint density at radius 1 is 1.78 bits per heavy atom. The van der Waals surface area contributed by atoms with Gasteiger partial charge in [0.25, 0.3) is 0 Å². The summed E-state index contributed by atoms with van der Waals surface area (Å²) in [6, 6.07) is 0. The van der Waals surface area contributed by atoms with E-state index in [4.69, 9.17) is 4.55 Å². The molecule has 0 saturated carbocycles. The van der Waals surface area contributed by atoms with Gasteiger partial charge in [-0.2, -0.15) is 0 Å². The van der Waals surface area contributed by atoms with E-state index in [9.17, 15) is 9.00 Å². The topological polar surface area (TPSA) is 83.0 Å². The molecule has 7 heteroatoms. The molecule has 0 bridgehead atoms. The van der Waals surface area contributed by atoms with E-state index in [2.05, 4.69) is 5.10 Å². The highest BCUT2D eigenvalue weighted by atomic mass is 32.2. The van der Waals surface area contributed by atoms with Crippen molar-refractivity contribution in [3.63, 3.8) is 0 Å². The van der Waals surface area contributed by atoms with Gasteiger partial charge in [0, 0.05) is 0 Å². The van der Waals surface area contributed by atoms with E-state index in [1.165, 1.54) is 0 Å². The van der Waals surface area contributed by atoms with Gasteiger partial charge in [-0.25, -0.2) is 9.31 Å². The fraction of sp³-hybridized carbons (Fsp3) is 0. The summed E-state index contributed by atoms with van der Waals surface area (Å²) in [6.07, 6.45) is 0. The summed E-state index contributed by atoms with van der Waals surface area (Å²) in [5.41, 5.74) is 0. The van der Waals surface area contributed by atoms with Crippen molar-refractivity contribution in [2.24, 2.45) is 0 Å². The van der Waals surface area contributed by atoms with E-state index in [1.807, 2.05) is 5.10 Å². The maximum absolute atomic E-state index is 10.2. The van der Waals surface area contributed by atoms with E-state index < -0.39 is 16.0 Å². The largest absolute Gasteiger partial charge is 0.323 e. The van der Waals surface area contributed by atoms with Gasteiger partial charge in [0.05, 0.1) is 0 Å². The molecule has 0 saturated heterocycles. The molecule has 1 rings (SSSR count). The summed E-state index contributed by atoms with van der Waals surface area (Å²) in [4.78, 5) is 9.83. The normalized spacial score (nSPS) is 13.4. The van der Waals surface area contributed by atoms with Crippen LogP contribution in [0.3, 0.4) is 0 Å². The van der Waals surface area contributed by atoms with E-state index in [0.717, 1.165) is 0 Å². The molecule has 2 N–H and O–H groups in total. The molecule has 1 aromatic heterocycles. The Kier molecular flexibility index (Phi) is 1.74. The molecule has 9 heavy (non-hydrogen) atoms. The van der Waals surface area contributed by atoms with Gasteiger partial charge in [0.15, 0.2) is 0 Å². The second-order valence-electron chi connectivity index (χ2n) is 1.13. The van der Waals surface area contributed by atoms with Crippen molar-refractivity contribution in [3.05, 3.63) is 9.67 Å². The van der Waals surface area contributed by atoms with Gasteiger partial charge in [-0.1, -0.05) is 0 Å². The molecule has 0 spiro atoms.